The van der Waals surface area contributed by atoms with Crippen LogP contribution in [-0.4, -0.2) is 56.3 Å². The van der Waals surface area contributed by atoms with Crippen LogP contribution in [0.2, 0.25) is 22.2 Å². The van der Waals surface area contributed by atoms with Gasteiger partial charge in [-0.1, -0.05) is 60.5 Å². The highest BCUT2D eigenvalue weighted by molar-refractivity contribution is 6.84. The maximum atomic E-state index is 9.60. The van der Waals surface area contributed by atoms with Gasteiger partial charge in [0.1, 0.15) is 29.8 Å². The number of azide groups is 1. The lowest BCUT2D eigenvalue weighted by molar-refractivity contribution is -0.00622. The zero-order chi connectivity index (χ0) is 28.9. The Morgan fingerprint density at radius 2 is 1.72 bits per heavy atom. The van der Waals surface area contributed by atoms with Crippen molar-refractivity contribution < 1.29 is 17.7 Å². The van der Waals surface area contributed by atoms with E-state index < -0.39 is 29.3 Å². The monoisotopic (exact) mass is 573 g/mol. The van der Waals surface area contributed by atoms with Gasteiger partial charge in [0.25, 0.3) is 0 Å². The molecule has 2 aliphatic rings. The number of nitrogen functional groups attached to an aromatic ring is 2. The minimum Gasteiger partial charge on any atom is -0.470 e. The molecule has 0 spiro atoms. The molecule has 0 bridgehead atoms. The van der Waals surface area contributed by atoms with Crippen LogP contribution in [0.25, 0.3) is 27.4 Å². The van der Waals surface area contributed by atoms with Gasteiger partial charge in [0, 0.05) is 16.7 Å². The number of nitrogens with two attached hydrogens (primary N) is 2. The summed E-state index contributed by atoms with van der Waals surface area (Å²) in [6, 6.07) is 0. The molecule has 1 fully saturated rings. The van der Waals surface area contributed by atoms with Crippen molar-refractivity contribution in [2.24, 2.45) is 10.8 Å². The molecule has 0 unspecified atom stereocenters. The van der Waals surface area contributed by atoms with E-state index in [1.807, 2.05) is 0 Å². The van der Waals surface area contributed by atoms with Crippen molar-refractivity contribution in [2.75, 3.05) is 12.3 Å². The number of ether oxygens (including phenoxy) is 1. The number of hydrogen-bond acceptors (Lipinski definition) is 9. The Balaban J connectivity index is 1.95. The summed E-state index contributed by atoms with van der Waals surface area (Å²) in [6.45, 7) is 17.3. The second kappa shape index (κ2) is 10.6. The lowest BCUT2D eigenvalue weighted by Gasteiger charge is -2.51. The van der Waals surface area contributed by atoms with Crippen LogP contribution in [0.5, 0.6) is 0 Å². The Hall–Kier alpha value is -2.95. The highest BCUT2D eigenvalue weighted by atomic mass is 28.5. The molecule has 2 atom stereocenters. The maximum absolute atomic E-state index is 9.60. The number of hydrogen-bond donors (Lipinski definition) is 3. The van der Waals surface area contributed by atoms with Gasteiger partial charge in [0.05, 0.1) is 12.0 Å². The van der Waals surface area contributed by atoms with Crippen LogP contribution in [0, 0.1) is 5.41 Å². The van der Waals surface area contributed by atoms with Gasteiger partial charge in [0.2, 0.25) is 5.88 Å². The molecule has 212 valence electrons. The molecule has 2 aromatic rings. The van der Waals surface area contributed by atoms with Gasteiger partial charge in [-0.2, -0.15) is 0 Å². The second-order valence-electron chi connectivity index (χ2n) is 11.3. The van der Waals surface area contributed by atoms with Crippen LogP contribution in [-0.2, 0) is 17.7 Å². The Kier molecular flexibility index (Phi) is 7.86. The Morgan fingerprint density at radius 3 is 2.26 bits per heavy atom. The van der Waals surface area contributed by atoms with Gasteiger partial charge < -0.3 is 29.2 Å². The van der Waals surface area contributed by atoms with Crippen molar-refractivity contribution in [1.82, 2.24) is 14.5 Å². The van der Waals surface area contributed by atoms with Crippen LogP contribution in [0.15, 0.2) is 23.3 Å². The van der Waals surface area contributed by atoms with Crippen molar-refractivity contribution in [3.8, 4) is 0 Å². The van der Waals surface area contributed by atoms with Crippen LogP contribution in [0.3, 0.4) is 0 Å². The van der Waals surface area contributed by atoms with E-state index in [4.69, 9.17) is 34.6 Å². The predicted molar refractivity (Wildman–Crippen MR) is 154 cm³/mol. The van der Waals surface area contributed by atoms with Crippen LogP contribution in [0.1, 0.15) is 61.0 Å². The van der Waals surface area contributed by atoms with E-state index >= 15 is 0 Å². The van der Waals surface area contributed by atoms with E-state index in [0.29, 0.717) is 16.6 Å². The number of nitrogens with one attached hydrogen (secondary N) is 1. The quantitative estimate of drug-likeness (QED) is 0.102. The fourth-order valence-corrected chi connectivity index (χ4v) is 16.9. The molecule has 4 rings (SSSR count). The molecule has 0 saturated carbocycles. The summed E-state index contributed by atoms with van der Waals surface area (Å²) in [5, 5.41) is 12.6. The van der Waals surface area contributed by atoms with Crippen molar-refractivity contribution in [3.63, 3.8) is 0 Å². The number of anilines is 1. The van der Waals surface area contributed by atoms with Crippen molar-refractivity contribution in [3.05, 3.63) is 34.2 Å². The molecule has 39 heavy (non-hydrogen) atoms. The SMILES string of the molecule is CC(C)[Si]1(C(C)C)OC[C@H]2OC(n3cc(C(=N)N)c4c(N)ncnc43)=C(N=[N+]=[N-])[C@@H]2O[Si](C(C)C)(C(C)C)O1. The maximum Gasteiger partial charge on any atom is 0.335 e. The summed E-state index contributed by atoms with van der Waals surface area (Å²) in [7, 11) is -5.81. The van der Waals surface area contributed by atoms with E-state index in [1.54, 1.807) is 10.8 Å². The molecule has 0 amide bonds. The first-order valence-electron chi connectivity index (χ1n) is 13.2. The Morgan fingerprint density at radius 1 is 1.10 bits per heavy atom. The molecular weight excluding hydrogens is 534 g/mol. The number of nitrogens with zero attached hydrogens (tertiary/aromatic N) is 6. The number of rotatable bonds is 7. The molecule has 2 aromatic heterocycles. The topological polar surface area (TPSA) is 192 Å². The molecular formula is C24H39N9O4Si2. The first-order valence-corrected chi connectivity index (χ1v) is 17.2. The van der Waals surface area contributed by atoms with Crippen molar-refractivity contribution >= 4 is 45.7 Å². The van der Waals surface area contributed by atoms with Crippen molar-refractivity contribution in [1.29, 1.82) is 5.41 Å². The summed E-state index contributed by atoms with van der Waals surface area (Å²) in [4.78, 5) is 11.6. The van der Waals surface area contributed by atoms with Gasteiger partial charge in [-0.25, -0.2) is 9.97 Å². The van der Waals surface area contributed by atoms with E-state index in [-0.39, 0.29) is 52.0 Å². The summed E-state index contributed by atoms with van der Waals surface area (Å²) in [5.74, 6) is 0.183. The highest BCUT2D eigenvalue weighted by Crippen LogP contribution is 2.49. The summed E-state index contributed by atoms with van der Waals surface area (Å²) < 4.78 is 29.2. The van der Waals surface area contributed by atoms with E-state index in [1.165, 1.54) is 6.33 Å². The number of amidine groups is 1. The molecule has 15 heteroatoms. The van der Waals surface area contributed by atoms with E-state index in [9.17, 15) is 5.53 Å². The third-order valence-electron chi connectivity index (χ3n) is 7.69. The summed E-state index contributed by atoms with van der Waals surface area (Å²) in [5.41, 5.74) is 23.0. The molecule has 4 heterocycles. The molecule has 5 N–H and O–H groups in total. The first kappa shape index (κ1) is 29.0. The van der Waals surface area contributed by atoms with Gasteiger partial charge in [-0.3, -0.25) is 9.98 Å². The third-order valence-corrected chi connectivity index (χ3v) is 17.9. The van der Waals surface area contributed by atoms with Gasteiger partial charge in [-0.05, 0) is 27.7 Å². The Labute approximate surface area is 230 Å². The lowest BCUT2D eigenvalue weighted by atomic mass is 10.2. The first-order chi connectivity index (χ1) is 18.3. The zero-order valence-corrected chi connectivity index (χ0v) is 25.8. The average Bonchev–Trinajstić information content (AvgIpc) is 3.38. The molecule has 0 aromatic carbocycles. The van der Waals surface area contributed by atoms with Crippen LogP contribution < -0.4 is 11.5 Å². The second-order valence-corrected chi connectivity index (χ2v) is 20.2. The predicted octanol–water partition coefficient (Wildman–Crippen LogP) is 5.09. The summed E-state index contributed by atoms with van der Waals surface area (Å²) in [6.07, 6.45) is 1.57. The fourth-order valence-electron chi connectivity index (χ4n) is 5.71. The van der Waals surface area contributed by atoms with Gasteiger partial charge in [0.15, 0.2) is 11.8 Å². The molecule has 2 aliphatic heterocycles. The molecule has 0 aliphatic carbocycles. The standard InChI is InChI=1S/C24H39N9O4Si2/c1-12(2)38(13(3)4)34-10-17-20(36-39(37-38,14(5)6)15(7)8)19(31-32-28)24(35-17)33-9-16(21(25)26)18-22(27)29-11-30-23(18)33/h9,11-15,17,20H,10H2,1-8H3,(H3,25,26)(H2,27,29,30)/t17-,20-/m1/s1. The van der Waals surface area contributed by atoms with Crippen LogP contribution in [0.4, 0.5) is 5.82 Å². The average molecular weight is 574 g/mol. The van der Waals surface area contributed by atoms with Gasteiger partial charge >= 0.3 is 17.1 Å². The highest BCUT2D eigenvalue weighted by Gasteiger charge is 2.60. The lowest BCUT2D eigenvalue weighted by Crippen LogP contribution is -2.65. The third kappa shape index (κ3) is 4.62. The largest absolute Gasteiger partial charge is 0.470 e. The number of fused-ring (bicyclic) bond motifs is 2. The smallest absolute Gasteiger partial charge is 0.335 e. The fraction of sp³-hybridized carbons (Fsp3) is 0.625. The summed E-state index contributed by atoms with van der Waals surface area (Å²) >= 11 is 0. The van der Waals surface area contributed by atoms with Gasteiger partial charge in [-0.15, -0.1) is 0 Å². The minimum atomic E-state index is -3.01. The van der Waals surface area contributed by atoms with Crippen molar-refractivity contribution in [2.45, 2.75) is 89.8 Å². The number of aromatic nitrogens is 3. The normalized spacial score (nSPS) is 22.7. The van der Waals surface area contributed by atoms with E-state index in [2.05, 4.69) is 75.4 Å². The minimum absolute atomic E-state index is 0.0739. The zero-order valence-electron chi connectivity index (χ0n) is 23.8. The van der Waals surface area contributed by atoms with Crippen LogP contribution >= 0.6 is 0 Å². The van der Waals surface area contributed by atoms with E-state index in [0.717, 1.165) is 0 Å². The molecule has 0 radical (unpaired) electrons. The molecule has 13 nitrogen and oxygen atoms in total. The Bertz CT molecular complexity index is 1330. The molecule has 1 saturated heterocycles.